The Bertz CT molecular complexity index is 94.0. The van der Waals surface area contributed by atoms with Crippen molar-refractivity contribution in [3.8, 4) is 0 Å². The first kappa shape index (κ1) is 7.94. The predicted octanol–water partition coefficient (Wildman–Crippen LogP) is 0.147. The summed E-state index contributed by atoms with van der Waals surface area (Å²) < 4.78 is 9.93. The van der Waals surface area contributed by atoms with Crippen LogP contribution in [0.3, 0.4) is 0 Å². The number of hydrogen-bond acceptors (Lipinski definition) is 4. The molecule has 0 saturated heterocycles. The molecule has 0 aliphatic carbocycles. The van der Waals surface area contributed by atoms with Crippen molar-refractivity contribution >= 4 is 8.03 Å². The Kier molecular flexibility index (Phi) is 3.04. The molecule has 0 aromatic rings. The zero-order valence-electron chi connectivity index (χ0n) is 4.22. The summed E-state index contributed by atoms with van der Waals surface area (Å²) in [6.45, 7) is 1.21. The molecule has 0 aromatic heterocycles. The Morgan fingerprint density at radius 1 is 1.62 bits per heavy atom. The fourth-order valence-electron chi connectivity index (χ4n) is 0.0884. The predicted molar refractivity (Wildman–Crippen MR) is 24.7 cm³/mol. The van der Waals surface area contributed by atoms with Crippen molar-refractivity contribution in [3.63, 3.8) is 0 Å². The summed E-state index contributed by atoms with van der Waals surface area (Å²) in [4.78, 5) is 8.14. The van der Waals surface area contributed by atoms with E-state index in [1.807, 2.05) is 0 Å². The maximum atomic E-state index is 9.93. The van der Waals surface area contributed by atoms with Gasteiger partial charge in [0.05, 0.1) is 0 Å². The van der Waals surface area contributed by atoms with Crippen LogP contribution in [0.4, 0.5) is 0 Å². The van der Waals surface area contributed by atoms with Crippen LogP contribution in [-0.2, 0) is 4.57 Å². The van der Waals surface area contributed by atoms with Crippen LogP contribution in [0, 0.1) is 0 Å². The lowest BCUT2D eigenvalue weighted by molar-refractivity contribution is -0.314. The van der Waals surface area contributed by atoms with E-state index in [4.69, 9.17) is 15.3 Å². The van der Waals surface area contributed by atoms with Gasteiger partial charge in [0.25, 0.3) is 5.78 Å². The normalized spacial score (nSPS) is 16.4. The van der Waals surface area contributed by atoms with Crippen molar-refractivity contribution < 1.29 is 19.9 Å². The number of nitrogens with zero attached hydrogens (tertiary/aromatic N) is 1. The Morgan fingerprint density at radius 3 is 2.00 bits per heavy atom. The number of hydroxylamine groups is 2. The summed E-state index contributed by atoms with van der Waals surface area (Å²) in [6, 6.07) is 0. The highest BCUT2D eigenvalue weighted by atomic mass is 31.1. The van der Waals surface area contributed by atoms with Crippen molar-refractivity contribution in [1.29, 1.82) is 0 Å². The van der Waals surface area contributed by atoms with E-state index in [2.05, 4.69) is 0 Å². The molecule has 2 atom stereocenters. The van der Waals surface area contributed by atoms with Crippen LogP contribution in [0.25, 0.3) is 0 Å². The van der Waals surface area contributed by atoms with E-state index >= 15 is 0 Å². The second kappa shape index (κ2) is 3.06. The minimum atomic E-state index is -2.53. The van der Waals surface area contributed by atoms with Crippen LogP contribution in [0.2, 0.25) is 0 Å². The minimum Gasteiger partial charge on any atom is -0.286 e. The van der Waals surface area contributed by atoms with Gasteiger partial charge in [0.1, 0.15) is 0 Å². The fraction of sp³-hybridized carbons (Fsp3) is 1.00. The second-order valence-corrected chi connectivity index (χ2v) is 2.61. The molecule has 0 heterocycles. The molecule has 6 heteroatoms. The van der Waals surface area contributed by atoms with Gasteiger partial charge in [-0.3, -0.25) is 10.4 Å². The molecule has 0 amide bonds. The van der Waals surface area contributed by atoms with E-state index in [1.165, 1.54) is 6.92 Å². The van der Waals surface area contributed by atoms with Gasteiger partial charge in [-0.2, -0.15) is 4.89 Å². The molecule has 0 radical (unpaired) electrons. The molecular weight excluding hydrogens is 133 g/mol. The molecule has 0 aliphatic rings. The summed E-state index contributed by atoms with van der Waals surface area (Å²) in [6.07, 6.45) is 0. The first-order valence-electron chi connectivity index (χ1n) is 1.88. The van der Waals surface area contributed by atoms with Gasteiger partial charge in [-0.05, 0) is 9.79 Å². The molecule has 0 bridgehead atoms. The fourth-order valence-corrected chi connectivity index (χ4v) is 0.265. The molecule has 48 valence electrons. The molecule has 2 unspecified atom stereocenters. The van der Waals surface area contributed by atoms with Crippen LogP contribution >= 0.6 is 8.03 Å². The second-order valence-electron chi connectivity index (χ2n) is 1.25. The summed E-state index contributed by atoms with van der Waals surface area (Å²) in [5.41, 5.74) is 0. The van der Waals surface area contributed by atoms with Crippen molar-refractivity contribution in [2.45, 2.75) is 12.7 Å². The highest BCUT2D eigenvalue weighted by Crippen LogP contribution is 2.22. The van der Waals surface area contributed by atoms with Gasteiger partial charge in [0.15, 0.2) is 0 Å². The number of hydrogen-bond donors (Lipinski definition) is 3. The zero-order chi connectivity index (χ0) is 6.73. The van der Waals surface area contributed by atoms with Crippen LogP contribution in [-0.4, -0.2) is 26.3 Å². The highest BCUT2D eigenvalue weighted by molar-refractivity contribution is 7.38. The average molecular weight is 140 g/mol. The minimum absolute atomic E-state index is 0.293. The lowest BCUT2D eigenvalue weighted by Crippen LogP contribution is -2.22. The average Bonchev–Trinajstić information content (AvgIpc) is 1.64. The van der Waals surface area contributed by atoms with Gasteiger partial charge in [0.2, 0.25) is 0 Å². The highest BCUT2D eigenvalue weighted by Gasteiger charge is 2.28. The van der Waals surface area contributed by atoms with Crippen LogP contribution < -0.4 is 0 Å². The van der Waals surface area contributed by atoms with E-state index in [0.29, 0.717) is 0 Å². The van der Waals surface area contributed by atoms with Gasteiger partial charge < -0.3 is 0 Å². The topological polar surface area (TPSA) is 81.0 Å². The van der Waals surface area contributed by atoms with Crippen LogP contribution in [0.5, 0.6) is 0 Å². The lowest BCUT2D eigenvalue weighted by Gasteiger charge is -2.00. The van der Waals surface area contributed by atoms with Gasteiger partial charge in [-0.15, -0.1) is 0 Å². The van der Waals surface area contributed by atoms with Crippen molar-refractivity contribution in [2.24, 2.45) is 0 Å². The Labute approximate surface area is 46.9 Å². The monoisotopic (exact) mass is 140 g/mol. The number of rotatable bonds is 2. The van der Waals surface area contributed by atoms with E-state index in [0.717, 1.165) is 0 Å². The molecule has 8 heavy (non-hydrogen) atoms. The molecule has 0 fully saturated rings. The van der Waals surface area contributed by atoms with E-state index in [-0.39, 0.29) is 5.23 Å². The summed E-state index contributed by atoms with van der Waals surface area (Å²) in [7, 11) is -2.53. The summed E-state index contributed by atoms with van der Waals surface area (Å²) in [5, 5.41) is 15.8. The first-order valence-corrected chi connectivity index (χ1v) is 3.16. The van der Waals surface area contributed by atoms with Gasteiger partial charge in [-0.1, -0.05) is 0 Å². The van der Waals surface area contributed by atoms with Crippen molar-refractivity contribution in [1.82, 2.24) is 5.23 Å². The molecule has 3 N–H and O–H groups in total. The third-order valence-electron chi connectivity index (χ3n) is 0.654. The zero-order valence-corrected chi connectivity index (χ0v) is 5.12. The SMILES string of the molecule is CC(N(O)O)[P+](=O)O. The van der Waals surface area contributed by atoms with Gasteiger partial charge in [0, 0.05) is 6.92 Å². The summed E-state index contributed by atoms with van der Waals surface area (Å²) in [5.74, 6) is -1.12. The maximum Gasteiger partial charge on any atom is 0.529 e. The largest absolute Gasteiger partial charge is 0.529 e. The third-order valence-corrected chi connectivity index (χ3v) is 1.50. The summed E-state index contributed by atoms with van der Waals surface area (Å²) >= 11 is 0. The molecular formula is C2H7NO4P+. The standard InChI is InChI=1S/C2H6NO4P/c1-2(3(4)5)8(6)7/h2,4-5H,1H3/p+1. The van der Waals surface area contributed by atoms with E-state index in [1.54, 1.807) is 0 Å². The third kappa shape index (κ3) is 2.30. The van der Waals surface area contributed by atoms with Crippen molar-refractivity contribution in [2.75, 3.05) is 0 Å². The molecule has 0 spiro atoms. The molecule has 0 rings (SSSR count). The van der Waals surface area contributed by atoms with E-state index in [9.17, 15) is 4.57 Å². The maximum absolute atomic E-state index is 9.93. The molecule has 0 saturated carbocycles. The quantitative estimate of drug-likeness (QED) is 0.375. The van der Waals surface area contributed by atoms with Crippen LogP contribution in [0.15, 0.2) is 0 Å². The van der Waals surface area contributed by atoms with E-state index < -0.39 is 13.8 Å². The molecule has 5 nitrogen and oxygen atoms in total. The molecule has 0 aliphatic heterocycles. The Balaban J connectivity index is 3.64. The lowest BCUT2D eigenvalue weighted by atomic mass is 10.8. The van der Waals surface area contributed by atoms with Crippen molar-refractivity contribution in [3.05, 3.63) is 0 Å². The first-order chi connectivity index (χ1) is 3.55. The smallest absolute Gasteiger partial charge is 0.286 e. The molecule has 0 aromatic carbocycles. The van der Waals surface area contributed by atoms with Gasteiger partial charge in [-0.25, -0.2) is 0 Å². The Morgan fingerprint density at radius 2 is 2.00 bits per heavy atom. The van der Waals surface area contributed by atoms with Gasteiger partial charge >= 0.3 is 8.03 Å². The van der Waals surface area contributed by atoms with Crippen LogP contribution in [0.1, 0.15) is 6.92 Å². The Hall–Kier alpha value is -0.0600.